The Hall–Kier alpha value is -1.93. The summed E-state index contributed by atoms with van der Waals surface area (Å²) >= 11 is 0. The maximum absolute atomic E-state index is 11.4. The highest BCUT2D eigenvalue weighted by atomic mass is 16.5. The smallest absolute Gasteiger partial charge is 0.265 e. The minimum absolute atomic E-state index is 0.0922. The number of ether oxygens (including phenoxy) is 1. The maximum atomic E-state index is 11.4. The topological polar surface area (TPSA) is 62.7 Å². The Kier molecular flexibility index (Phi) is 3.58. The average molecular weight is 190 g/mol. The molecule has 0 aromatic heterocycles. The number of nitrogens with zero attached hydrogens (tertiary/aromatic N) is 2. The summed E-state index contributed by atoms with van der Waals surface area (Å²) in [6, 6.07) is 6.77. The highest BCUT2D eigenvalue weighted by Crippen LogP contribution is 2.12. The molecule has 0 spiro atoms. The molecule has 4 heteroatoms. The van der Waals surface area contributed by atoms with E-state index in [0.717, 1.165) is 6.21 Å². The molecule has 0 saturated heterocycles. The van der Waals surface area contributed by atoms with E-state index in [-0.39, 0.29) is 12.2 Å². The quantitative estimate of drug-likeness (QED) is 0.313. The molecule has 0 atom stereocenters. The molecule has 0 N–H and O–H groups in total. The monoisotopic (exact) mass is 190 g/mol. The van der Waals surface area contributed by atoms with Gasteiger partial charge in [-0.25, -0.2) is 0 Å². The molecule has 0 fully saturated rings. The van der Waals surface area contributed by atoms with Gasteiger partial charge < -0.3 is 10.3 Å². The molecule has 1 aromatic carbocycles. The Bertz CT molecular complexity index is 364. The van der Waals surface area contributed by atoms with Crippen molar-refractivity contribution in [1.29, 1.82) is 0 Å². The Morgan fingerprint density at radius 2 is 2.14 bits per heavy atom. The van der Waals surface area contributed by atoms with Crippen LogP contribution >= 0.6 is 0 Å². The van der Waals surface area contributed by atoms with Crippen LogP contribution < -0.4 is 4.74 Å². The second-order valence-corrected chi connectivity index (χ2v) is 2.65. The van der Waals surface area contributed by atoms with Gasteiger partial charge in [0, 0.05) is 5.56 Å². The van der Waals surface area contributed by atoms with Crippen molar-refractivity contribution < 1.29 is 14.3 Å². The lowest BCUT2D eigenvalue weighted by molar-refractivity contribution is 0.00132. The van der Waals surface area contributed by atoms with Crippen LogP contribution in [0, 0.1) is 0 Å². The summed E-state index contributed by atoms with van der Waals surface area (Å²) < 4.78 is 4.95. The molecule has 4 nitrogen and oxygen atoms in total. The summed E-state index contributed by atoms with van der Waals surface area (Å²) in [4.78, 5) is 14.1. The van der Waals surface area contributed by atoms with E-state index in [0.29, 0.717) is 11.3 Å². The van der Waals surface area contributed by atoms with E-state index in [2.05, 4.69) is 4.79 Å². The molecule has 0 unspecified atom stereocenters. The van der Waals surface area contributed by atoms with Crippen molar-refractivity contribution in [2.45, 2.75) is 6.42 Å². The second-order valence-electron chi connectivity index (χ2n) is 2.65. The lowest BCUT2D eigenvalue weighted by atomic mass is 10.1. The Balaban J connectivity index is 2.76. The minimum Gasteiger partial charge on any atom is -0.497 e. The summed E-state index contributed by atoms with van der Waals surface area (Å²) in [5, 5.41) is 0. The largest absolute Gasteiger partial charge is 0.497 e. The highest BCUT2D eigenvalue weighted by Gasteiger charge is 2.05. The first-order chi connectivity index (χ1) is 6.77. The van der Waals surface area contributed by atoms with E-state index in [1.54, 1.807) is 31.4 Å². The van der Waals surface area contributed by atoms with Gasteiger partial charge in [-0.3, -0.25) is 4.79 Å². The zero-order valence-electron chi connectivity index (χ0n) is 7.80. The van der Waals surface area contributed by atoms with E-state index in [9.17, 15) is 4.79 Å². The number of Topliss-reactive ketones (excluding diaryl/α,β-unsaturated/α-hetero) is 1. The number of hydrogen-bond acceptors (Lipinski definition) is 2. The van der Waals surface area contributed by atoms with E-state index in [1.165, 1.54) is 0 Å². The van der Waals surface area contributed by atoms with Crippen LogP contribution in [0.15, 0.2) is 24.3 Å². The zero-order valence-corrected chi connectivity index (χ0v) is 7.80. The van der Waals surface area contributed by atoms with Crippen LogP contribution in [-0.4, -0.2) is 23.9 Å². The fourth-order valence-electron chi connectivity index (χ4n) is 1.02. The van der Waals surface area contributed by atoms with Crippen LogP contribution in [0.2, 0.25) is 0 Å². The van der Waals surface area contributed by atoms with Gasteiger partial charge in [-0.15, -0.1) is 0 Å². The predicted octanol–water partition coefficient (Wildman–Crippen LogP) is 1.57. The average Bonchev–Trinajstić information content (AvgIpc) is 2.26. The first-order valence-electron chi connectivity index (χ1n) is 4.11. The number of rotatable bonds is 4. The van der Waals surface area contributed by atoms with Crippen molar-refractivity contribution in [3.63, 3.8) is 0 Å². The van der Waals surface area contributed by atoms with Gasteiger partial charge in [-0.1, -0.05) is 0 Å². The molecule has 72 valence electrons. The van der Waals surface area contributed by atoms with Crippen molar-refractivity contribution >= 4 is 12.0 Å². The molecular formula is C10H10N2O2. The molecule has 0 saturated carbocycles. The Morgan fingerprint density at radius 1 is 1.50 bits per heavy atom. The van der Waals surface area contributed by atoms with Gasteiger partial charge in [-0.05, 0) is 24.3 Å². The van der Waals surface area contributed by atoms with Gasteiger partial charge in [0.25, 0.3) is 6.21 Å². The van der Waals surface area contributed by atoms with Crippen molar-refractivity contribution in [3.8, 4) is 5.75 Å². The number of benzene rings is 1. The number of hydrogen-bond donors (Lipinski definition) is 0. The molecule has 14 heavy (non-hydrogen) atoms. The summed E-state index contributed by atoms with van der Waals surface area (Å²) in [7, 11) is 1.56. The predicted molar refractivity (Wildman–Crippen MR) is 51.6 cm³/mol. The third kappa shape index (κ3) is 2.54. The number of ketones is 1. The van der Waals surface area contributed by atoms with Gasteiger partial charge in [0.1, 0.15) is 12.2 Å². The highest BCUT2D eigenvalue weighted by molar-refractivity contribution is 6.02. The van der Waals surface area contributed by atoms with Gasteiger partial charge in [0.2, 0.25) is 0 Å². The normalized spacial score (nSPS) is 8.93. The molecule has 1 rings (SSSR count). The Morgan fingerprint density at radius 3 is 2.64 bits per heavy atom. The van der Waals surface area contributed by atoms with Gasteiger partial charge in [0.15, 0.2) is 5.78 Å². The van der Waals surface area contributed by atoms with Crippen molar-refractivity contribution in [2.75, 3.05) is 7.11 Å². The van der Waals surface area contributed by atoms with Gasteiger partial charge >= 0.3 is 0 Å². The fraction of sp³-hybridized carbons (Fsp3) is 0.200. The molecular weight excluding hydrogens is 180 g/mol. The van der Waals surface area contributed by atoms with Crippen molar-refractivity contribution in [1.82, 2.24) is 0 Å². The zero-order chi connectivity index (χ0) is 10.4. The van der Waals surface area contributed by atoms with Crippen molar-refractivity contribution in [3.05, 3.63) is 35.4 Å². The molecule has 0 aliphatic rings. The van der Waals surface area contributed by atoms with Gasteiger partial charge in [0.05, 0.1) is 7.11 Å². The van der Waals surface area contributed by atoms with Crippen LogP contribution in [-0.2, 0) is 0 Å². The summed E-state index contributed by atoms with van der Waals surface area (Å²) in [5.41, 5.74) is 8.72. The van der Waals surface area contributed by atoms with E-state index in [4.69, 9.17) is 10.3 Å². The molecule has 0 aliphatic carbocycles. The SMILES string of the molecule is COc1ccc(C(=O)CC=[N+]=[N-])cc1. The third-order valence-electron chi connectivity index (χ3n) is 1.77. The molecule has 0 bridgehead atoms. The van der Waals surface area contributed by atoms with E-state index >= 15 is 0 Å². The third-order valence-corrected chi connectivity index (χ3v) is 1.77. The number of carbonyl (C=O) groups is 1. The Labute approximate surface area is 81.7 Å². The number of carbonyl (C=O) groups excluding carboxylic acids is 1. The second kappa shape index (κ2) is 4.94. The number of methoxy groups -OCH3 is 1. The van der Waals surface area contributed by atoms with Crippen LogP contribution in [0.25, 0.3) is 5.53 Å². The first kappa shape index (κ1) is 10.2. The fourth-order valence-corrected chi connectivity index (χ4v) is 1.02. The molecule has 0 amide bonds. The molecule has 0 aliphatic heterocycles. The summed E-state index contributed by atoms with van der Waals surface area (Å²) in [6.45, 7) is 0. The van der Waals surface area contributed by atoms with Crippen LogP contribution in [0.3, 0.4) is 0 Å². The lowest BCUT2D eigenvalue weighted by Gasteiger charge is -1.99. The van der Waals surface area contributed by atoms with E-state index < -0.39 is 0 Å². The minimum atomic E-state index is -0.0922. The molecule has 0 heterocycles. The van der Waals surface area contributed by atoms with Gasteiger partial charge in [-0.2, -0.15) is 4.79 Å². The summed E-state index contributed by atoms with van der Waals surface area (Å²) in [6.07, 6.45) is 1.26. The van der Waals surface area contributed by atoms with Crippen molar-refractivity contribution in [2.24, 2.45) is 0 Å². The standard InChI is InChI=1S/C10H10N2O2/c1-14-9-4-2-8(3-5-9)10(13)6-7-12-11/h2-5,7H,6H2,1H3. The van der Waals surface area contributed by atoms with Crippen LogP contribution in [0.4, 0.5) is 0 Å². The maximum Gasteiger partial charge on any atom is 0.265 e. The van der Waals surface area contributed by atoms with Crippen LogP contribution in [0.1, 0.15) is 16.8 Å². The first-order valence-corrected chi connectivity index (χ1v) is 4.11. The lowest BCUT2D eigenvalue weighted by Crippen LogP contribution is -1.99. The van der Waals surface area contributed by atoms with E-state index in [1.807, 2.05) is 0 Å². The van der Waals surface area contributed by atoms with Crippen LogP contribution in [0.5, 0.6) is 5.75 Å². The summed E-state index contributed by atoms with van der Waals surface area (Å²) in [5.74, 6) is 0.614. The molecule has 0 radical (unpaired) electrons. The molecule has 1 aromatic rings.